The van der Waals surface area contributed by atoms with E-state index >= 15 is 0 Å². The average Bonchev–Trinajstić information content (AvgIpc) is 2.38. The predicted octanol–water partition coefficient (Wildman–Crippen LogP) is 1.77. The summed E-state index contributed by atoms with van der Waals surface area (Å²) < 4.78 is 5.41. The number of rotatable bonds is 3. The van der Waals surface area contributed by atoms with Gasteiger partial charge in [0, 0.05) is 38.0 Å². The van der Waals surface area contributed by atoms with Crippen molar-refractivity contribution in [1.29, 1.82) is 0 Å². The van der Waals surface area contributed by atoms with Crippen LogP contribution in [0.15, 0.2) is 6.07 Å². The zero-order chi connectivity index (χ0) is 13.1. The molecule has 1 aromatic heterocycles. The molecular weight excluding hydrogens is 226 g/mol. The van der Waals surface area contributed by atoms with Crippen molar-refractivity contribution in [3.8, 4) is 0 Å². The number of pyridine rings is 1. The summed E-state index contributed by atoms with van der Waals surface area (Å²) in [5, 5.41) is 0. The van der Waals surface area contributed by atoms with E-state index < -0.39 is 0 Å². The second kappa shape index (κ2) is 5.67. The number of nitrogens with zero attached hydrogens (tertiary/aromatic N) is 2. The number of anilines is 1. The molecule has 4 nitrogen and oxygen atoms in total. The Hall–Kier alpha value is -1.13. The number of ether oxygens (including phenoxy) is 1. The van der Waals surface area contributed by atoms with Gasteiger partial charge in [0.1, 0.15) is 5.82 Å². The van der Waals surface area contributed by atoms with Crippen LogP contribution in [0.5, 0.6) is 0 Å². The van der Waals surface area contributed by atoms with Gasteiger partial charge in [-0.1, -0.05) is 0 Å². The molecule has 0 aliphatic carbocycles. The molecule has 0 amide bonds. The maximum atomic E-state index is 5.87. The van der Waals surface area contributed by atoms with Gasteiger partial charge in [0.05, 0.1) is 6.10 Å². The third kappa shape index (κ3) is 2.65. The van der Waals surface area contributed by atoms with Gasteiger partial charge in [-0.05, 0) is 38.3 Å². The fourth-order valence-electron chi connectivity index (χ4n) is 2.66. The number of piperidine rings is 1. The monoisotopic (exact) mass is 249 g/mol. The number of nitrogens with two attached hydrogens (primary N) is 1. The molecule has 4 heteroatoms. The molecule has 0 unspecified atom stereocenters. The molecule has 2 rings (SSSR count). The van der Waals surface area contributed by atoms with Gasteiger partial charge in [0.25, 0.3) is 0 Å². The van der Waals surface area contributed by atoms with E-state index in [2.05, 4.69) is 22.9 Å². The molecule has 1 aliphatic rings. The maximum absolute atomic E-state index is 5.87. The Labute approximate surface area is 109 Å². The van der Waals surface area contributed by atoms with Crippen molar-refractivity contribution in [3.63, 3.8) is 0 Å². The number of hydrogen-bond acceptors (Lipinski definition) is 4. The number of aromatic nitrogens is 1. The minimum atomic E-state index is 0.397. The highest BCUT2D eigenvalue weighted by Gasteiger charge is 2.22. The molecule has 2 N–H and O–H groups in total. The van der Waals surface area contributed by atoms with E-state index in [1.165, 1.54) is 11.1 Å². The van der Waals surface area contributed by atoms with E-state index in [1.807, 2.05) is 6.92 Å². The zero-order valence-electron chi connectivity index (χ0n) is 11.6. The van der Waals surface area contributed by atoms with Gasteiger partial charge in [-0.2, -0.15) is 0 Å². The van der Waals surface area contributed by atoms with Crippen LogP contribution in [0.2, 0.25) is 0 Å². The highest BCUT2D eigenvalue weighted by molar-refractivity contribution is 5.51. The topological polar surface area (TPSA) is 51.4 Å². The molecule has 2 heterocycles. The molecule has 0 aromatic carbocycles. The predicted molar refractivity (Wildman–Crippen MR) is 73.8 cm³/mol. The molecule has 0 saturated carbocycles. The smallest absolute Gasteiger partial charge is 0.133 e. The number of aryl methyl sites for hydroxylation is 2. The maximum Gasteiger partial charge on any atom is 0.133 e. The Morgan fingerprint density at radius 1 is 1.39 bits per heavy atom. The van der Waals surface area contributed by atoms with Crippen LogP contribution >= 0.6 is 0 Å². The summed E-state index contributed by atoms with van der Waals surface area (Å²) in [6.45, 7) is 6.71. The van der Waals surface area contributed by atoms with Crippen LogP contribution in [-0.4, -0.2) is 31.3 Å². The van der Waals surface area contributed by atoms with Crippen LogP contribution in [0.3, 0.4) is 0 Å². The lowest BCUT2D eigenvalue weighted by molar-refractivity contribution is 0.0817. The van der Waals surface area contributed by atoms with E-state index in [-0.39, 0.29) is 0 Å². The highest BCUT2D eigenvalue weighted by Crippen LogP contribution is 2.25. The lowest BCUT2D eigenvalue weighted by atomic mass is 10.0. The Morgan fingerprint density at radius 2 is 2.06 bits per heavy atom. The fourth-order valence-corrected chi connectivity index (χ4v) is 2.66. The molecule has 1 aromatic rings. The van der Waals surface area contributed by atoms with Crippen LogP contribution in [0.1, 0.15) is 29.7 Å². The minimum Gasteiger partial charge on any atom is -0.381 e. The van der Waals surface area contributed by atoms with E-state index in [1.54, 1.807) is 7.11 Å². The fraction of sp³-hybridized carbons (Fsp3) is 0.643. The number of methoxy groups -OCH3 is 1. The molecule has 100 valence electrons. The van der Waals surface area contributed by atoms with Crippen molar-refractivity contribution in [2.24, 2.45) is 5.73 Å². The first-order valence-corrected chi connectivity index (χ1v) is 6.60. The van der Waals surface area contributed by atoms with Gasteiger partial charge >= 0.3 is 0 Å². The van der Waals surface area contributed by atoms with Gasteiger partial charge in [-0.3, -0.25) is 0 Å². The van der Waals surface area contributed by atoms with Gasteiger partial charge in [-0.15, -0.1) is 0 Å². The summed E-state index contributed by atoms with van der Waals surface area (Å²) in [7, 11) is 1.79. The van der Waals surface area contributed by atoms with Crippen LogP contribution < -0.4 is 10.6 Å². The largest absolute Gasteiger partial charge is 0.381 e. The first-order valence-electron chi connectivity index (χ1n) is 6.60. The molecule has 0 bridgehead atoms. The Bertz CT molecular complexity index is 412. The summed E-state index contributed by atoms with van der Waals surface area (Å²) in [5.74, 6) is 1.07. The number of hydrogen-bond donors (Lipinski definition) is 1. The second-order valence-corrected chi connectivity index (χ2v) is 5.01. The Kier molecular flexibility index (Phi) is 4.19. The summed E-state index contributed by atoms with van der Waals surface area (Å²) in [4.78, 5) is 7.03. The zero-order valence-corrected chi connectivity index (χ0v) is 11.6. The van der Waals surface area contributed by atoms with E-state index in [4.69, 9.17) is 10.5 Å². The molecule has 0 radical (unpaired) electrons. The highest BCUT2D eigenvalue weighted by atomic mass is 16.5. The molecule has 1 saturated heterocycles. The van der Waals surface area contributed by atoms with E-state index in [0.29, 0.717) is 12.6 Å². The average molecular weight is 249 g/mol. The Morgan fingerprint density at radius 3 is 2.61 bits per heavy atom. The van der Waals surface area contributed by atoms with E-state index in [9.17, 15) is 0 Å². The normalized spacial score (nSPS) is 17.2. The lowest BCUT2D eigenvalue weighted by Gasteiger charge is -2.33. The lowest BCUT2D eigenvalue weighted by Crippen LogP contribution is -2.38. The summed E-state index contributed by atoms with van der Waals surface area (Å²) in [6.07, 6.45) is 2.53. The SMILES string of the molecule is COC1CCN(c2nc(C)cc(C)c2CN)CC1. The summed E-state index contributed by atoms with van der Waals surface area (Å²) in [6, 6.07) is 2.10. The van der Waals surface area contributed by atoms with Gasteiger partial charge < -0.3 is 15.4 Å². The molecule has 18 heavy (non-hydrogen) atoms. The van der Waals surface area contributed by atoms with Gasteiger partial charge in [0.15, 0.2) is 0 Å². The quantitative estimate of drug-likeness (QED) is 0.887. The van der Waals surface area contributed by atoms with E-state index in [0.717, 1.165) is 37.4 Å². The minimum absolute atomic E-state index is 0.397. The van der Waals surface area contributed by atoms with Crippen molar-refractivity contribution >= 4 is 5.82 Å². The Balaban J connectivity index is 2.23. The first kappa shape index (κ1) is 13.3. The molecular formula is C14H23N3O. The van der Waals surface area contributed by atoms with Crippen LogP contribution in [-0.2, 0) is 11.3 Å². The molecule has 1 fully saturated rings. The molecule has 1 aliphatic heterocycles. The summed E-state index contributed by atoms with van der Waals surface area (Å²) in [5.41, 5.74) is 9.36. The van der Waals surface area contributed by atoms with Gasteiger partial charge in [0.2, 0.25) is 0 Å². The van der Waals surface area contributed by atoms with Crippen LogP contribution in [0, 0.1) is 13.8 Å². The van der Waals surface area contributed by atoms with Crippen molar-refractivity contribution in [2.75, 3.05) is 25.1 Å². The van der Waals surface area contributed by atoms with Crippen LogP contribution in [0.25, 0.3) is 0 Å². The first-order chi connectivity index (χ1) is 8.65. The van der Waals surface area contributed by atoms with Crippen molar-refractivity contribution in [2.45, 2.75) is 39.3 Å². The third-order valence-corrected chi connectivity index (χ3v) is 3.73. The second-order valence-electron chi connectivity index (χ2n) is 5.01. The van der Waals surface area contributed by atoms with Crippen molar-refractivity contribution < 1.29 is 4.74 Å². The molecule has 0 atom stereocenters. The van der Waals surface area contributed by atoms with Gasteiger partial charge in [-0.25, -0.2) is 4.98 Å². The standard InChI is InChI=1S/C14H23N3O/c1-10-8-11(2)16-14(13(10)9-15)17-6-4-12(18-3)5-7-17/h8,12H,4-7,9,15H2,1-3H3. The van der Waals surface area contributed by atoms with Crippen molar-refractivity contribution in [3.05, 3.63) is 22.9 Å². The van der Waals surface area contributed by atoms with Crippen molar-refractivity contribution in [1.82, 2.24) is 4.98 Å². The molecule has 0 spiro atoms. The third-order valence-electron chi connectivity index (χ3n) is 3.73. The van der Waals surface area contributed by atoms with Crippen LogP contribution in [0.4, 0.5) is 5.82 Å². The summed E-state index contributed by atoms with van der Waals surface area (Å²) >= 11 is 0.